The van der Waals surface area contributed by atoms with Crippen LogP contribution in [0.1, 0.15) is 57.4 Å². The van der Waals surface area contributed by atoms with Crippen LogP contribution in [-0.2, 0) is 86.1 Å². The molecule has 89 heavy (non-hydrogen) atoms. The molecule has 6 amide bonds. The summed E-state index contributed by atoms with van der Waals surface area (Å²) in [7, 11) is -3.87. The third-order valence-electron chi connectivity index (χ3n) is 14.0. The van der Waals surface area contributed by atoms with Crippen LogP contribution in [0.4, 0.5) is 10.5 Å². The third-order valence-corrected chi connectivity index (χ3v) is 15.8. The molecule has 0 atom stereocenters. The minimum Gasteiger partial charge on any atom is -0.446 e. The molecule has 4 heterocycles. The molecule has 1 saturated carbocycles. The van der Waals surface area contributed by atoms with Crippen molar-refractivity contribution in [2.75, 3.05) is 184 Å². The van der Waals surface area contributed by atoms with Crippen molar-refractivity contribution in [2.24, 2.45) is 16.6 Å². The highest BCUT2D eigenvalue weighted by molar-refractivity contribution is 7.89. The van der Waals surface area contributed by atoms with Gasteiger partial charge in [-0.25, -0.2) is 18.2 Å². The summed E-state index contributed by atoms with van der Waals surface area (Å²) in [6, 6.07) is 7.03. The molecule has 0 unspecified atom stereocenters. The summed E-state index contributed by atoms with van der Waals surface area (Å²) in [4.78, 5) is 84.8. The number of carbonyl (C=O) groups is 6. The molecule has 1 aromatic heterocycles. The molecule has 494 valence electrons. The molecule has 6 rings (SSSR count). The van der Waals surface area contributed by atoms with Crippen molar-refractivity contribution >= 4 is 63.3 Å². The maximum absolute atomic E-state index is 13.8. The Morgan fingerprint density at radius 1 is 0.652 bits per heavy atom. The number of aliphatic imine (C=N–C) groups is 1. The summed E-state index contributed by atoms with van der Waals surface area (Å²) in [5.74, 6) is -1.58. The molecule has 3 aliphatic heterocycles. The number of nitrogens with two attached hydrogens (primary N) is 1. The van der Waals surface area contributed by atoms with E-state index in [4.69, 9.17) is 57.8 Å². The molecule has 4 aliphatic rings. The molecular weight excluding hydrogens is 1180 g/mol. The lowest BCUT2D eigenvalue weighted by atomic mass is 9.96. The van der Waals surface area contributed by atoms with E-state index in [1.54, 1.807) is 29.3 Å². The zero-order valence-electron chi connectivity index (χ0n) is 51.1. The van der Waals surface area contributed by atoms with Gasteiger partial charge in [0.25, 0.3) is 11.8 Å². The highest BCUT2D eigenvalue weighted by atomic mass is 32.2. The quantitative estimate of drug-likeness (QED) is 0.0542. The second kappa shape index (κ2) is 41.1. The Bertz CT molecular complexity index is 2730. The topological polar surface area (TPSA) is 335 Å². The number of amides is 6. The first-order valence-corrected chi connectivity index (χ1v) is 32.0. The Kier molecular flexibility index (Phi) is 33.1. The average molecular weight is 1270 g/mol. The molecule has 5 N–H and O–H groups in total. The lowest BCUT2D eigenvalue weighted by molar-refractivity contribution is -0.141. The van der Waals surface area contributed by atoms with Crippen LogP contribution >= 0.6 is 0 Å². The van der Waals surface area contributed by atoms with Gasteiger partial charge in [-0.2, -0.15) is 4.31 Å². The van der Waals surface area contributed by atoms with Gasteiger partial charge in [-0.3, -0.25) is 33.9 Å². The minimum absolute atomic E-state index is 0.00150. The van der Waals surface area contributed by atoms with Crippen molar-refractivity contribution in [1.29, 1.82) is 0 Å². The van der Waals surface area contributed by atoms with Crippen LogP contribution in [0.3, 0.4) is 0 Å². The van der Waals surface area contributed by atoms with Gasteiger partial charge in [-0.05, 0) is 55.9 Å². The minimum atomic E-state index is -3.87. The van der Waals surface area contributed by atoms with Gasteiger partial charge >= 0.3 is 6.09 Å². The van der Waals surface area contributed by atoms with E-state index in [9.17, 15) is 37.2 Å². The summed E-state index contributed by atoms with van der Waals surface area (Å²) < 4.78 is 89.0. The number of alkyl carbamates (subject to hydrolysis) is 1. The smallest absolute Gasteiger partial charge is 0.407 e. The van der Waals surface area contributed by atoms with E-state index in [2.05, 4.69) is 25.9 Å². The van der Waals surface area contributed by atoms with E-state index in [-0.39, 0.29) is 86.8 Å². The van der Waals surface area contributed by atoms with Crippen LogP contribution in [-0.4, -0.2) is 260 Å². The van der Waals surface area contributed by atoms with Crippen molar-refractivity contribution in [3.05, 3.63) is 59.9 Å². The second-order valence-corrected chi connectivity index (χ2v) is 22.9. The summed E-state index contributed by atoms with van der Waals surface area (Å²) in [6.07, 6.45) is 11.0. The zero-order valence-corrected chi connectivity index (χ0v) is 51.9. The molecule has 28 nitrogen and oxygen atoms in total. The highest BCUT2D eigenvalue weighted by Crippen LogP contribution is 2.34. The van der Waals surface area contributed by atoms with Gasteiger partial charge in [-0.1, -0.05) is 19.1 Å². The van der Waals surface area contributed by atoms with E-state index in [0.29, 0.717) is 179 Å². The van der Waals surface area contributed by atoms with E-state index in [1.807, 2.05) is 19.1 Å². The number of rotatable bonds is 48. The van der Waals surface area contributed by atoms with Crippen molar-refractivity contribution < 1.29 is 89.3 Å². The fourth-order valence-corrected chi connectivity index (χ4v) is 10.6. The van der Waals surface area contributed by atoms with E-state index >= 15 is 0 Å². The van der Waals surface area contributed by atoms with Crippen LogP contribution in [0.5, 0.6) is 0 Å². The maximum atomic E-state index is 13.8. The van der Waals surface area contributed by atoms with Crippen molar-refractivity contribution in [3.63, 3.8) is 0 Å². The summed E-state index contributed by atoms with van der Waals surface area (Å²) in [5.41, 5.74) is 9.33. The molecule has 29 heteroatoms. The predicted octanol–water partition coefficient (Wildman–Crippen LogP) is 1.77. The fraction of sp³-hybridized carbons (Fsp3) is 0.633. The first-order valence-electron chi connectivity index (χ1n) is 30.5. The normalized spacial score (nSPS) is 15.2. The number of benzene rings is 1. The van der Waals surface area contributed by atoms with Gasteiger partial charge in [-0.15, -0.1) is 0 Å². The molecule has 1 aliphatic carbocycles. The number of hydrogen-bond acceptors (Lipinski definition) is 22. The monoisotopic (exact) mass is 1270 g/mol. The highest BCUT2D eigenvalue weighted by Gasteiger charge is 2.37. The lowest BCUT2D eigenvalue weighted by Gasteiger charge is -2.38. The number of sulfonamides is 1. The zero-order chi connectivity index (χ0) is 63.3. The number of aromatic nitrogens is 1. The van der Waals surface area contributed by atoms with Crippen molar-refractivity contribution in [3.8, 4) is 11.1 Å². The Balaban J connectivity index is 0.685. The van der Waals surface area contributed by atoms with E-state index < -0.39 is 33.8 Å². The Morgan fingerprint density at radius 3 is 1.74 bits per heavy atom. The lowest BCUT2D eigenvalue weighted by Crippen LogP contribution is -2.53. The molecule has 2 fully saturated rings. The van der Waals surface area contributed by atoms with Crippen molar-refractivity contribution in [2.45, 2.75) is 62.9 Å². The van der Waals surface area contributed by atoms with Gasteiger partial charge in [0.2, 0.25) is 27.7 Å². The van der Waals surface area contributed by atoms with Gasteiger partial charge in [0.1, 0.15) is 23.4 Å². The van der Waals surface area contributed by atoms with Crippen molar-refractivity contribution in [1.82, 2.24) is 35.0 Å². The largest absolute Gasteiger partial charge is 0.446 e. The Hall–Kier alpha value is -6.35. The number of carbonyl (C=O) groups excluding carboxylic acids is 6. The van der Waals surface area contributed by atoms with Gasteiger partial charge in [0, 0.05) is 106 Å². The van der Waals surface area contributed by atoms with E-state index in [0.717, 1.165) is 42.7 Å². The third kappa shape index (κ3) is 26.9. The number of pyridine rings is 1. The molecule has 0 spiro atoms. The van der Waals surface area contributed by atoms with E-state index in [1.165, 1.54) is 10.5 Å². The maximum Gasteiger partial charge on any atom is 0.407 e. The Morgan fingerprint density at radius 2 is 1.20 bits per heavy atom. The molecule has 1 aromatic carbocycles. The summed E-state index contributed by atoms with van der Waals surface area (Å²) >= 11 is 0. The predicted molar refractivity (Wildman–Crippen MR) is 324 cm³/mol. The van der Waals surface area contributed by atoms with Crippen LogP contribution in [0, 0.1) is 5.92 Å². The Labute approximate surface area is 520 Å². The average Bonchev–Trinajstić information content (AvgIpc) is 1.17. The number of nitrogens with one attached hydrogen (secondary N) is 3. The molecule has 1 saturated heterocycles. The summed E-state index contributed by atoms with van der Waals surface area (Å²) in [6.45, 7) is 11.8. The number of fused-ring (bicyclic) bond motifs is 1. The van der Waals surface area contributed by atoms with Crippen LogP contribution in [0.15, 0.2) is 64.3 Å². The molecule has 0 radical (unpaired) electrons. The SMILES string of the molecule is CCCN(CCCNC(=O)OC1CCC1)C(=O)C1=Cc2ccc(-c3cncc(S(=O)(=O)N4CC(CNC(=O)CCOCCOCCOCCOCCOCCOCCOCCOCCOCCOCCNC(=O)CN5C(=O)C=CC5=O)C4)c3)cc2N=C(N)C1. The molecule has 0 bridgehead atoms. The number of amidine groups is 1. The number of ether oxygens (including phenoxy) is 11. The molecular formula is C60H89N9O19S. The second-order valence-electron chi connectivity index (χ2n) is 21.0. The first-order chi connectivity index (χ1) is 43.3. The van der Waals surface area contributed by atoms with Crippen LogP contribution < -0.4 is 21.7 Å². The number of nitrogens with zero attached hydrogens (tertiary/aromatic N) is 5. The number of imide groups is 1. The fourth-order valence-electron chi connectivity index (χ4n) is 8.99. The number of hydrogen-bond donors (Lipinski definition) is 4. The van der Waals surface area contributed by atoms with Crippen LogP contribution in [0.2, 0.25) is 0 Å². The first kappa shape index (κ1) is 71.7. The van der Waals surface area contributed by atoms with Gasteiger partial charge in [0.05, 0.1) is 138 Å². The van der Waals surface area contributed by atoms with Gasteiger partial charge < -0.3 is 78.7 Å². The van der Waals surface area contributed by atoms with Gasteiger partial charge in [0.15, 0.2) is 0 Å². The van der Waals surface area contributed by atoms with Crippen LogP contribution in [0.25, 0.3) is 17.2 Å². The standard InChI is InChI=1S/C60H89N9O19S/c1-2-14-67(15-4-12-64-60(75)88-51-5-3-6-51)59(74)49-36-48-8-7-47(38-53(48)66-54(61)39-49)50-37-52(42-62-41-50)89(76,77)68-43-46(44-68)40-65-55(70)11-16-78-18-20-80-22-24-82-26-28-84-30-32-86-34-35-87-33-31-85-29-27-83-25-23-81-21-19-79-17-13-63-56(71)45-69-57(72)9-10-58(69)73/h7-10,36-38,41-42,46,51H,2-6,11-35,39-40,43-45H2,1H3,(H2,61,66)(H,63,71)(H,64,75)(H,65,70). The summed E-state index contributed by atoms with van der Waals surface area (Å²) in [5, 5.41) is 8.24. The molecule has 2 aromatic rings.